The number of pyridine rings is 1. The van der Waals surface area contributed by atoms with Crippen LogP contribution in [-0.4, -0.2) is 47.3 Å². The number of fused-ring (bicyclic) bond motifs is 6. The molecule has 1 saturated heterocycles. The van der Waals surface area contributed by atoms with Gasteiger partial charge in [-0.15, -0.1) is 24.0 Å². The van der Waals surface area contributed by atoms with Crippen LogP contribution in [0, 0.1) is 23.7 Å². The molecule has 1 aromatic heterocycles. The maximum atomic E-state index is 12.8. The number of carbonyl (C=O) groups excluding carboxylic acids is 2. The maximum absolute atomic E-state index is 12.8. The molecule has 0 radical (unpaired) electrons. The molecule has 2 heterocycles. The lowest BCUT2D eigenvalue weighted by molar-refractivity contribution is -0.140. The van der Waals surface area contributed by atoms with Crippen LogP contribution in [0.5, 0.6) is 0 Å². The molecule has 4 unspecified atom stereocenters. The molecule has 8 heteroatoms. The number of hydrogen-bond acceptors (Lipinski definition) is 4. The number of guanidine groups is 1. The number of hydrogen-bond donors (Lipinski definition) is 2. The molecule has 2 N–H and O–H groups in total. The maximum Gasteiger partial charge on any atom is 0.233 e. The first-order chi connectivity index (χ1) is 15.2. The molecular formula is C24H28IN5O2. The predicted molar refractivity (Wildman–Crippen MR) is 134 cm³/mol. The van der Waals surface area contributed by atoms with Gasteiger partial charge in [0.1, 0.15) is 0 Å². The van der Waals surface area contributed by atoms with E-state index in [1.807, 2.05) is 37.3 Å². The first-order valence-corrected chi connectivity index (χ1v) is 11.1. The summed E-state index contributed by atoms with van der Waals surface area (Å²) in [6, 6.07) is 10.1. The minimum Gasteiger partial charge on any atom is -0.357 e. The largest absolute Gasteiger partial charge is 0.357 e. The number of benzene rings is 1. The van der Waals surface area contributed by atoms with Crippen molar-refractivity contribution in [3.63, 3.8) is 0 Å². The number of imide groups is 1. The first-order valence-electron chi connectivity index (χ1n) is 11.1. The van der Waals surface area contributed by atoms with Crippen LogP contribution in [0.25, 0.3) is 10.9 Å². The number of nitrogens with one attached hydrogen (secondary N) is 2. The van der Waals surface area contributed by atoms with Gasteiger partial charge in [-0.05, 0) is 36.8 Å². The Morgan fingerprint density at radius 2 is 1.81 bits per heavy atom. The van der Waals surface area contributed by atoms with Gasteiger partial charge >= 0.3 is 0 Å². The van der Waals surface area contributed by atoms with Crippen LogP contribution in [0.1, 0.15) is 18.9 Å². The van der Waals surface area contributed by atoms with Gasteiger partial charge in [-0.25, -0.2) is 4.99 Å². The number of halogens is 1. The minimum absolute atomic E-state index is 0. The molecule has 2 bridgehead atoms. The summed E-state index contributed by atoms with van der Waals surface area (Å²) in [5.41, 5.74) is 2.00. The number of allylic oxidation sites excluding steroid dienone is 2. The highest BCUT2D eigenvalue weighted by Crippen LogP contribution is 2.52. The molecule has 168 valence electrons. The van der Waals surface area contributed by atoms with Crippen molar-refractivity contribution >= 4 is 52.7 Å². The lowest BCUT2D eigenvalue weighted by Gasteiger charge is -2.18. The van der Waals surface area contributed by atoms with Crippen LogP contribution in [0.2, 0.25) is 0 Å². The Morgan fingerprint density at radius 3 is 2.53 bits per heavy atom. The van der Waals surface area contributed by atoms with E-state index in [-0.39, 0.29) is 59.5 Å². The van der Waals surface area contributed by atoms with E-state index >= 15 is 0 Å². The van der Waals surface area contributed by atoms with Crippen molar-refractivity contribution in [2.45, 2.75) is 19.9 Å². The van der Waals surface area contributed by atoms with Crippen LogP contribution in [0.4, 0.5) is 0 Å². The Balaban J connectivity index is 0.00000245. The zero-order valence-electron chi connectivity index (χ0n) is 18.0. The lowest BCUT2D eigenvalue weighted by atomic mass is 9.85. The monoisotopic (exact) mass is 545 g/mol. The fourth-order valence-electron chi connectivity index (χ4n) is 5.27. The summed E-state index contributed by atoms with van der Waals surface area (Å²) in [6.07, 6.45) is 6.99. The Kier molecular flexibility index (Phi) is 6.78. The van der Waals surface area contributed by atoms with Gasteiger partial charge in [0.25, 0.3) is 0 Å². The van der Waals surface area contributed by atoms with Crippen LogP contribution < -0.4 is 10.6 Å². The van der Waals surface area contributed by atoms with Gasteiger partial charge in [0.15, 0.2) is 5.96 Å². The molecule has 2 fully saturated rings. The standard InChI is InChI=1S/C24H27N5O2.HI/c1-2-25-24(28-14-18-6-3-5-15-7-4-10-26-21(15)18)27-11-12-29-22(30)19-16-8-9-17(13-16)20(19)23(29)31;/h3-10,16-17,19-20H,2,11-14H2,1H3,(H2,25,27,28);1H. The molecule has 3 aliphatic rings. The average Bonchev–Trinajstić information content (AvgIpc) is 3.47. The van der Waals surface area contributed by atoms with E-state index in [0.29, 0.717) is 25.6 Å². The summed E-state index contributed by atoms with van der Waals surface area (Å²) in [6.45, 7) is 4.06. The van der Waals surface area contributed by atoms with Crippen molar-refractivity contribution in [3.05, 3.63) is 54.2 Å². The van der Waals surface area contributed by atoms with Crippen LogP contribution in [0.15, 0.2) is 53.7 Å². The molecule has 1 aromatic carbocycles. The van der Waals surface area contributed by atoms with Gasteiger partial charge in [0.05, 0.1) is 23.9 Å². The molecule has 32 heavy (non-hydrogen) atoms. The van der Waals surface area contributed by atoms with Crippen molar-refractivity contribution in [1.82, 2.24) is 20.5 Å². The number of carbonyl (C=O) groups is 2. The van der Waals surface area contributed by atoms with E-state index in [2.05, 4.69) is 32.8 Å². The Labute approximate surface area is 204 Å². The average molecular weight is 545 g/mol. The molecule has 2 amide bonds. The minimum atomic E-state index is -0.136. The Morgan fingerprint density at radius 1 is 1.09 bits per heavy atom. The highest BCUT2D eigenvalue weighted by Gasteiger charge is 2.58. The van der Waals surface area contributed by atoms with E-state index in [9.17, 15) is 9.59 Å². The van der Waals surface area contributed by atoms with Gasteiger partial charge in [0.2, 0.25) is 11.8 Å². The highest BCUT2D eigenvalue weighted by atomic mass is 127. The Bertz CT molecular complexity index is 1050. The number of likely N-dealkylation sites (tertiary alicyclic amines) is 1. The number of rotatable bonds is 6. The topological polar surface area (TPSA) is 86.7 Å². The van der Waals surface area contributed by atoms with Crippen LogP contribution in [-0.2, 0) is 16.1 Å². The van der Waals surface area contributed by atoms with Crippen molar-refractivity contribution in [2.75, 3.05) is 19.6 Å². The molecule has 2 aliphatic carbocycles. The van der Waals surface area contributed by atoms with Crippen molar-refractivity contribution < 1.29 is 9.59 Å². The van der Waals surface area contributed by atoms with E-state index in [1.165, 1.54) is 4.90 Å². The Hall–Kier alpha value is -2.49. The number of para-hydroxylation sites is 1. The zero-order valence-corrected chi connectivity index (χ0v) is 20.4. The zero-order chi connectivity index (χ0) is 21.4. The third kappa shape index (κ3) is 4.00. The van der Waals surface area contributed by atoms with E-state index in [1.54, 1.807) is 6.20 Å². The van der Waals surface area contributed by atoms with Crippen LogP contribution >= 0.6 is 24.0 Å². The predicted octanol–water partition coefficient (Wildman–Crippen LogP) is 2.72. The van der Waals surface area contributed by atoms with E-state index < -0.39 is 0 Å². The molecule has 2 aromatic rings. The SMILES string of the molecule is CCNC(=NCc1cccc2cccnc12)NCCN1C(=O)C2C3C=CC(C3)C2C1=O.I. The molecule has 5 rings (SSSR count). The summed E-state index contributed by atoms with van der Waals surface area (Å²) in [4.78, 5) is 36.2. The van der Waals surface area contributed by atoms with Gasteiger partial charge in [-0.2, -0.15) is 0 Å². The van der Waals surface area contributed by atoms with Crippen molar-refractivity contribution in [2.24, 2.45) is 28.7 Å². The second-order valence-electron chi connectivity index (χ2n) is 8.44. The van der Waals surface area contributed by atoms with Gasteiger partial charge in [0, 0.05) is 31.2 Å². The molecular weight excluding hydrogens is 517 g/mol. The summed E-state index contributed by atoms with van der Waals surface area (Å²) in [5.74, 6) is 0.882. The van der Waals surface area contributed by atoms with Crippen LogP contribution in [0.3, 0.4) is 0 Å². The van der Waals surface area contributed by atoms with Gasteiger partial charge < -0.3 is 10.6 Å². The molecule has 4 atom stereocenters. The molecule has 0 spiro atoms. The molecule has 1 aliphatic heterocycles. The summed E-state index contributed by atoms with van der Waals surface area (Å²) in [5, 5.41) is 7.59. The van der Waals surface area contributed by atoms with E-state index in [0.717, 1.165) is 29.4 Å². The molecule has 7 nitrogen and oxygen atoms in total. The van der Waals surface area contributed by atoms with E-state index in [4.69, 9.17) is 0 Å². The third-order valence-electron chi connectivity index (χ3n) is 6.66. The number of aliphatic imine (C=N–C) groups is 1. The lowest BCUT2D eigenvalue weighted by Crippen LogP contribution is -2.43. The highest BCUT2D eigenvalue weighted by molar-refractivity contribution is 14.0. The third-order valence-corrected chi connectivity index (χ3v) is 6.66. The van der Waals surface area contributed by atoms with Crippen molar-refractivity contribution in [3.8, 4) is 0 Å². The second-order valence-corrected chi connectivity index (χ2v) is 8.44. The first kappa shape index (κ1) is 22.7. The second kappa shape index (κ2) is 9.56. The fourth-order valence-corrected chi connectivity index (χ4v) is 5.27. The summed E-state index contributed by atoms with van der Waals surface area (Å²) >= 11 is 0. The quantitative estimate of drug-likeness (QED) is 0.192. The smallest absolute Gasteiger partial charge is 0.233 e. The summed E-state index contributed by atoms with van der Waals surface area (Å²) < 4.78 is 0. The number of amides is 2. The van der Waals surface area contributed by atoms with Gasteiger partial charge in [-0.3, -0.25) is 19.5 Å². The van der Waals surface area contributed by atoms with Gasteiger partial charge in [-0.1, -0.05) is 36.4 Å². The number of nitrogens with zero attached hydrogens (tertiary/aromatic N) is 3. The fraction of sp³-hybridized carbons (Fsp3) is 0.417. The van der Waals surface area contributed by atoms with Crippen molar-refractivity contribution in [1.29, 1.82) is 0 Å². The molecule has 1 saturated carbocycles. The number of aromatic nitrogens is 1. The summed E-state index contributed by atoms with van der Waals surface area (Å²) in [7, 11) is 0. The normalized spacial score (nSPS) is 25.9.